The van der Waals surface area contributed by atoms with Crippen LogP contribution in [0.5, 0.6) is 11.5 Å². The van der Waals surface area contributed by atoms with Gasteiger partial charge in [-0.1, -0.05) is 0 Å². The third-order valence-corrected chi connectivity index (χ3v) is 5.87. The van der Waals surface area contributed by atoms with Gasteiger partial charge in [0.25, 0.3) is 5.91 Å². The Morgan fingerprint density at radius 1 is 0.784 bits per heavy atom. The summed E-state index contributed by atoms with van der Waals surface area (Å²) in [4.78, 5) is 24.8. The van der Waals surface area contributed by atoms with Crippen molar-refractivity contribution < 1.29 is 14.3 Å². The lowest BCUT2D eigenvalue weighted by atomic mass is 10.0. The largest absolute Gasteiger partial charge is 0.494 e. The summed E-state index contributed by atoms with van der Waals surface area (Å²) in [5.74, 6) is 1.50. The van der Waals surface area contributed by atoms with Crippen LogP contribution in [0.4, 0.5) is 0 Å². The van der Waals surface area contributed by atoms with Gasteiger partial charge in [-0.25, -0.2) is 9.97 Å². The van der Waals surface area contributed by atoms with Gasteiger partial charge in [-0.3, -0.25) is 4.79 Å². The number of hydrogen-bond acceptors (Lipinski definition) is 6. The first-order chi connectivity index (χ1) is 18.0. The molecule has 192 valence electrons. The Bertz CT molecular complexity index is 1340. The van der Waals surface area contributed by atoms with Crippen molar-refractivity contribution in [3.63, 3.8) is 0 Å². The molecule has 0 unspecified atom stereocenters. The molecule has 0 fully saturated rings. The molecule has 1 N–H and O–H groups in total. The first-order valence-electron chi connectivity index (χ1n) is 12.7. The summed E-state index contributed by atoms with van der Waals surface area (Å²) in [7, 11) is 4.04. The smallest absolute Gasteiger partial charge is 0.251 e. The van der Waals surface area contributed by atoms with Gasteiger partial charge in [-0.2, -0.15) is 0 Å². The molecule has 0 radical (unpaired) electrons. The minimum absolute atomic E-state index is 0.110. The van der Waals surface area contributed by atoms with Crippen molar-refractivity contribution in [2.24, 2.45) is 0 Å². The molecule has 7 nitrogen and oxygen atoms in total. The van der Waals surface area contributed by atoms with Gasteiger partial charge < -0.3 is 19.7 Å². The van der Waals surface area contributed by atoms with E-state index in [1.807, 2.05) is 88.6 Å². The number of ether oxygens (including phenoxy) is 2. The van der Waals surface area contributed by atoms with Gasteiger partial charge >= 0.3 is 0 Å². The van der Waals surface area contributed by atoms with Crippen LogP contribution in [0.1, 0.15) is 30.6 Å². The average Bonchev–Trinajstić information content (AvgIpc) is 2.91. The number of rotatable bonds is 11. The van der Waals surface area contributed by atoms with Gasteiger partial charge in [0.2, 0.25) is 0 Å². The maximum Gasteiger partial charge on any atom is 0.251 e. The average molecular weight is 499 g/mol. The Labute approximate surface area is 218 Å². The molecule has 0 saturated carbocycles. The molecule has 1 aromatic heterocycles. The highest BCUT2D eigenvalue weighted by atomic mass is 16.5. The number of carbonyl (C=O) groups is 1. The van der Waals surface area contributed by atoms with E-state index in [4.69, 9.17) is 19.4 Å². The van der Waals surface area contributed by atoms with Crippen molar-refractivity contribution in [2.45, 2.75) is 20.3 Å². The first-order valence-corrected chi connectivity index (χ1v) is 12.7. The predicted octanol–water partition coefficient (Wildman–Crippen LogP) is 5.44. The highest BCUT2D eigenvalue weighted by Gasteiger charge is 2.15. The zero-order chi connectivity index (χ0) is 26.2. The van der Waals surface area contributed by atoms with E-state index in [1.54, 1.807) is 6.07 Å². The van der Waals surface area contributed by atoms with Gasteiger partial charge in [0, 0.05) is 23.2 Å². The van der Waals surface area contributed by atoms with Gasteiger partial charge in [-0.05, 0) is 108 Å². The highest BCUT2D eigenvalue weighted by Crippen LogP contribution is 2.33. The van der Waals surface area contributed by atoms with Crippen molar-refractivity contribution >= 4 is 16.9 Å². The minimum atomic E-state index is -0.110. The second-order valence-electron chi connectivity index (χ2n) is 8.95. The maximum absolute atomic E-state index is 12.8. The number of amides is 1. The fraction of sp³-hybridized carbons (Fsp3) is 0.300. The summed E-state index contributed by atoms with van der Waals surface area (Å²) in [6, 6.07) is 21.2. The Hall–Kier alpha value is -3.97. The minimum Gasteiger partial charge on any atom is -0.494 e. The second-order valence-corrected chi connectivity index (χ2v) is 8.95. The molecule has 37 heavy (non-hydrogen) atoms. The van der Waals surface area contributed by atoms with Crippen molar-refractivity contribution in [2.75, 3.05) is 40.4 Å². The Balaban J connectivity index is 1.72. The number of benzene rings is 3. The Morgan fingerprint density at radius 3 is 1.84 bits per heavy atom. The van der Waals surface area contributed by atoms with Crippen LogP contribution in [0.15, 0.2) is 66.7 Å². The quantitative estimate of drug-likeness (QED) is 0.278. The number of nitrogens with zero attached hydrogens (tertiary/aromatic N) is 3. The normalized spacial score (nSPS) is 11.1. The lowest BCUT2D eigenvalue weighted by Gasteiger charge is -2.13. The van der Waals surface area contributed by atoms with Crippen LogP contribution >= 0.6 is 0 Å². The molecular weight excluding hydrogens is 464 g/mol. The zero-order valence-electron chi connectivity index (χ0n) is 22.0. The lowest BCUT2D eigenvalue weighted by Crippen LogP contribution is -2.27. The number of fused-ring (bicyclic) bond motifs is 1. The summed E-state index contributed by atoms with van der Waals surface area (Å²) in [6.07, 6.45) is 0.888. The Kier molecular flexibility index (Phi) is 8.69. The lowest BCUT2D eigenvalue weighted by molar-refractivity contribution is 0.0952. The van der Waals surface area contributed by atoms with Crippen molar-refractivity contribution in [1.29, 1.82) is 0 Å². The maximum atomic E-state index is 12.8. The summed E-state index contributed by atoms with van der Waals surface area (Å²) >= 11 is 0. The van der Waals surface area contributed by atoms with Crippen LogP contribution in [0.2, 0.25) is 0 Å². The molecule has 0 atom stereocenters. The van der Waals surface area contributed by atoms with E-state index in [2.05, 4.69) is 10.2 Å². The van der Waals surface area contributed by atoms with Crippen LogP contribution in [0.25, 0.3) is 33.5 Å². The molecule has 3 aromatic carbocycles. The second kappa shape index (κ2) is 12.3. The molecule has 4 aromatic rings. The SMILES string of the molecule is CCOc1ccc(-c2nc3ccc(C(=O)NCCCN(C)C)cc3nc2-c2ccc(OCC)cc2)cc1. The summed E-state index contributed by atoms with van der Waals surface area (Å²) in [5.41, 5.74) is 5.31. The third kappa shape index (κ3) is 6.62. The molecule has 0 spiro atoms. The molecule has 0 aliphatic heterocycles. The van der Waals surface area contributed by atoms with Crippen LogP contribution in [-0.4, -0.2) is 61.2 Å². The first kappa shape index (κ1) is 26.1. The molecule has 1 heterocycles. The topological polar surface area (TPSA) is 76.6 Å². The van der Waals surface area contributed by atoms with Gasteiger partial charge in [0.05, 0.1) is 35.6 Å². The summed E-state index contributed by atoms with van der Waals surface area (Å²) in [5, 5.41) is 3.00. The van der Waals surface area contributed by atoms with Crippen molar-refractivity contribution in [3.8, 4) is 34.0 Å². The van der Waals surface area contributed by atoms with Gasteiger partial charge in [0.1, 0.15) is 11.5 Å². The van der Waals surface area contributed by atoms with Crippen LogP contribution in [0, 0.1) is 0 Å². The van der Waals surface area contributed by atoms with E-state index in [9.17, 15) is 4.79 Å². The number of hydrogen-bond donors (Lipinski definition) is 1. The van der Waals surface area contributed by atoms with Crippen molar-refractivity contribution in [1.82, 2.24) is 20.2 Å². The molecule has 0 bridgehead atoms. The zero-order valence-corrected chi connectivity index (χ0v) is 22.0. The molecular formula is C30H34N4O3. The summed E-state index contributed by atoms with van der Waals surface area (Å²) in [6.45, 7) is 6.68. The molecule has 0 saturated heterocycles. The van der Waals surface area contributed by atoms with Crippen LogP contribution < -0.4 is 14.8 Å². The molecule has 7 heteroatoms. The van der Waals surface area contributed by atoms with Crippen LogP contribution in [0.3, 0.4) is 0 Å². The van der Waals surface area contributed by atoms with E-state index < -0.39 is 0 Å². The predicted molar refractivity (Wildman–Crippen MR) is 148 cm³/mol. The van der Waals surface area contributed by atoms with E-state index in [0.29, 0.717) is 30.8 Å². The molecule has 0 aliphatic carbocycles. The molecule has 4 rings (SSSR count). The fourth-order valence-electron chi connectivity index (χ4n) is 4.05. The van der Waals surface area contributed by atoms with E-state index >= 15 is 0 Å². The van der Waals surface area contributed by atoms with Gasteiger partial charge in [0.15, 0.2) is 0 Å². The third-order valence-electron chi connectivity index (χ3n) is 5.87. The fourth-order valence-corrected chi connectivity index (χ4v) is 4.05. The van der Waals surface area contributed by atoms with E-state index in [-0.39, 0.29) is 5.91 Å². The number of carbonyl (C=O) groups excluding carboxylic acids is 1. The van der Waals surface area contributed by atoms with Crippen LogP contribution in [-0.2, 0) is 0 Å². The van der Waals surface area contributed by atoms with Gasteiger partial charge in [-0.15, -0.1) is 0 Å². The molecule has 0 aliphatic rings. The monoisotopic (exact) mass is 498 g/mol. The Morgan fingerprint density at radius 2 is 1.32 bits per heavy atom. The van der Waals surface area contributed by atoms with E-state index in [1.165, 1.54) is 0 Å². The van der Waals surface area contributed by atoms with E-state index in [0.717, 1.165) is 52.5 Å². The highest BCUT2D eigenvalue weighted by molar-refractivity contribution is 5.98. The summed E-state index contributed by atoms with van der Waals surface area (Å²) < 4.78 is 11.2. The molecule has 1 amide bonds. The van der Waals surface area contributed by atoms with Crippen molar-refractivity contribution in [3.05, 3.63) is 72.3 Å². The number of aromatic nitrogens is 2. The number of nitrogens with one attached hydrogen (secondary N) is 1. The standard InChI is InChI=1S/C30H34N4O3/c1-5-36-24-13-8-21(9-14-24)28-29(22-10-15-25(16-11-22)37-6-2)33-27-20-23(12-17-26(27)32-28)30(35)31-18-7-19-34(3)4/h8-17,20H,5-7,18-19H2,1-4H3,(H,31,35).